The molecular formula is C30H24N4O3. The van der Waals surface area contributed by atoms with Crippen LogP contribution in [-0.4, -0.2) is 33.0 Å². The highest BCUT2D eigenvalue weighted by Crippen LogP contribution is 2.31. The van der Waals surface area contributed by atoms with Gasteiger partial charge in [0.25, 0.3) is 5.91 Å². The first-order valence-corrected chi connectivity index (χ1v) is 12.1. The summed E-state index contributed by atoms with van der Waals surface area (Å²) in [5, 5.41) is 5.04. The molecule has 0 saturated carbocycles. The monoisotopic (exact) mass is 488 g/mol. The molecule has 1 amide bonds. The minimum Gasteiger partial charge on any atom is -0.452 e. The van der Waals surface area contributed by atoms with Crippen molar-refractivity contribution in [1.29, 1.82) is 0 Å². The Morgan fingerprint density at radius 2 is 1.68 bits per heavy atom. The summed E-state index contributed by atoms with van der Waals surface area (Å²) in [6.45, 7) is 2.58. The van der Waals surface area contributed by atoms with Crippen molar-refractivity contribution in [3.63, 3.8) is 0 Å². The molecule has 0 aliphatic rings. The number of hydrogen-bond acceptors (Lipinski definition) is 4. The average molecular weight is 489 g/mol. The number of carbonyl (C=O) groups excluding carboxylic acids is 2. The van der Waals surface area contributed by atoms with Crippen molar-refractivity contribution >= 4 is 50.4 Å². The molecule has 0 saturated heterocycles. The number of benzene rings is 4. The first-order valence-electron chi connectivity index (χ1n) is 12.1. The maximum atomic E-state index is 12.6. The number of nitrogens with zero attached hydrogens (tertiary/aromatic N) is 2. The third kappa shape index (κ3) is 4.21. The van der Waals surface area contributed by atoms with Crippen LogP contribution in [-0.2, 0) is 16.1 Å². The van der Waals surface area contributed by atoms with Gasteiger partial charge in [0.2, 0.25) is 0 Å². The predicted molar refractivity (Wildman–Crippen MR) is 146 cm³/mol. The van der Waals surface area contributed by atoms with Crippen molar-refractivity contribution in [2.45, 2.75) is 13.5 Å². The molecule has 7 heteroatoms. The Bertz CT molecular complexity index is 1780. The number of aryl methyl sites for hydroxylation is 1. The zero-order chi connectivity index (χ0) is 25.4. The number of nitrogens with one attached hydrogen (secondary N) is 2. The second-order valence-electron chi connectivity index (χ2n) is 8.80. The van der Waals surface area contributed by atoms with Crippen LogP contribution in [0.2, 0.25) is 0 Å². The number of aromatic amines is 1. The van der Waals surface area contributed by atoms with E-state index in [2.05, 4.69) is 38.9 Å². The molecule has 0 aliphatic heterocycles. The number of carbonyl (C=O) groups is 2. The Hall–Kier alpha value is -4.91. The zero-order valence-corrected chi connectivity index (χ0v) is 20.2. The summed E-state index contributed by atoms with van der Waals surface area (Å²) in [6, 6.07) is 28.9. The second-order valence-corrected chi connectivity index (χ2v) is 8.80. The molecule has 0 atom stereocenters. The Morgan fingerprint density at radius 3 is 2.51 bits per heavy atom. The van der Waals surface area contributed by atoms with Crippen LogP contribution >= 0.6 is 0 Å². The van der Waals surface area contributed by atoms with Gasteiger partial charge in [-0.2, -0.15) is 0 Å². The van der Waals surface area contributed by atoms with E-state index in [9.17, 15) is 9.59 Å². The van der Waals surface area contributed by atoms with E-state index in [-0.39, 0.29) is 6.61 Å². The van der Waals surface area contributed by atoms with Crippen molar-refractivity contribution in [2.24, 2.45) is 0 Å². The van der Waals surface area contributed by atoms with E-state index >= 15 is 0 Å². The van der Waals surface area contributed by atoms with Crippen molar-refractivity contribution in [1.82, 2.24) is 14.5 Å². The first kappa shape index (κ1) is 22.5. The van der Waals surface area contributed by atoms with Gasteiger partial charge in [-0.3, -0.25) is 4.79 Å². The number of para-hydroxylation sites is 1. The van der Waals surface area contributed by atoms with Crippen molar-refractivity contribution < 1.29 is 14.3 Å². The molecule has 0 aliphatic carbocycles. The molecule has 6 rings (SSSR count). The van der Waals surface area contributed by atoms with Crippen molar-refractivity contribution in [3.8, 4) is 11.4 Å². The van der Waals surface area contributed by atoms with Gasteiger partial charge in [-0.05, 0) is 49.4 Å². The summed E-state index contributed by atoms with van der Waals surface area (Å²) in [6.07, 6.45) is 0. The van der Waals surface area contributed by atoms with Gasteiger partial charge in [-0.1, -0.05) is 48.5 Å². The summed E-state index contributed by atoms with van der Waals surface area (Å²) in [5.41, 5.74) is 5.68. The predicted octanol–water partition coefficient (Wildman–Crippen LogP) is 6.15. The van der Waals surface area contributed by atoms with Crippen LogP contribution in [0.1, 0.15) is 17.3 Å². The van der Waals surface area contributed by atoms with Crippen LogP contribution in [0.5, 0.6) is 0 Å². The van der Waals surface area contributed by atoms with Crippen LogP contribution in [0.25, 0.3) is 44.2 Å². The summed E-state index contributed by atoms with van der Waals surface area (Å²) in [5.74, 6) is -0.255. The van der Waals surface area contributed by atoms with Crippen molar-refractivity contribution in [3.05, 3.63) is 96.6 Å². The van der Waals surface area contributed by atoms with Crippen LogP contribution in [0.4, 0.5) is 5.69 Å². The summed E-state index contributed by atoms with van der Waals surface area (Å²) in [4.78, 5) is 33.0. The largest absolute Gasteiger partial charge is 0.452 e. The fraction of sp³-hybridized carbons (Fsp3) is 0.100. The molecule has 0 unspecified atom stereocenters. The lowest BCUT2D eigenvalue weighted by Crippen LogP contribution is -2.20. The smallest absolute Gasteiger partial charge is 0.338 e. The van der Waals surface area contributed by atoms with E-state index in [1.807, 2.05) is 60.7 Å². The molecule has 0 radical (unpaired) electrons. The lowest BCUT2D eigenvalue weighted by atomic mass is 10.1. The SMILES string of the molecule is CCn1c2ccccc2c2cc(NC(=O)COC(=O)c3ccc4nc(-c5ccccc5)[nH]c4c3)ccc21. The van der Waals surface area contributed by atoms with Crippen LogP contribution in [0, 0.1) is 0 Å². The standard InChI is InChI=1S/C30H24N4O3/c1-2-34-26-11-7-6-10-22(26)23-17-21(13-15-27(23)34)31-28(35)18-37-30(36)20-12-14-24-25(16-20)33-29(32-24)19-8-4-3-5-9-19/h3-17H,2,18H2,1H3,(H,31,35)(H,32,33). The second kappa shape index (κ2) is 9.28. The van der Waals surface area contributed by atoms with Crippen LogP contribution in [0.15, 0.2) is 91.0 Å². The number of esters is 1. The summed E-state index contributed by atoms with van der Waals surface area (Å²) < 4.78 is 7.54. The normalized spacial score (nSPS) is 11.3. The lowest BCUT2D eigenvalue weighted by molar-refractivity contribution is -0.119. The molecule has 2 heterocycles. The van der Waals surface area contributed by atoms with Gasteiger partial charge >= 0.3 is 5.97 Å². The Labute approximate surface area is 212 Å². The van der Waals surface area contributed by atoms with E-state index in [1.54, 1.807) is 18.2 Å². The Morgan fingerprint density at radius 1 is 0.892 bits per heavy atom. The lowest BCUT2D eigenvalue weighted by Gasteiger charge is -2.08. The molecule has 6 aromatic rings. The highest BCUT2D eigenvalue weighted by molar-refractivity contribution is 6.10. The molecule has 2 N–H and O–H groups in total. The molecule has 37 heavy (non-hydrogen) atoms. The number of fused-ring (bicyclic) bond motifs is 4. The minimum absolute atomic E-state index is 0.345. The first-order chi connectivity index (χ1) is 18.1. The maximum Gasteiger partial charge on any atom is 0.338 e. The fourth-order valence-electron chi connectivity index (χ4n) is 4.75. The quantitative estimate of drug-likeness (QED) is 0.275. The third-order valence-corrected chi connectivity index (χ3v) is 6.47. The van der Waals surface area contributed by atoms with Crippen LogP contribution in [0.3, 0.4) is 0 Å². The van der Waals surface area contributed by atoms with E-state index in [0.717, 1.165) is 50.8 Å². The van der Waals surface area contributed by atoms with E-state index in [1.165, 1.54) is 0 Å². The molecule has 2 aromatic heterocycles. The number of anilines is 1. The Balaban J connectivity index is 1.15. The number of ether oxygens (including phenoxy) is 1. The average Bonchev–Trinajstić information content (AvgIpc) is 3.50. The molecule has 4 aromatic carbocycles. The van der Waals surface area contributed by atoms with Gasteiger partial charge in [0, 0.05) is 39.6 Å². The maximum absolute atomic E-state index is 12.6. The van der Waals surface area contributed by atoms with Gasteiger partial charge in [-0.25, -0.2) is 9.78 Å². The molecule has 7 nitrogen and oxygen atoms in total. The Kier molecular flexibility index (Phi) is 5.65. The van der Waals surface area contributed by atoms with E-state index in [0.29, 0.717) is 11.3 Å². The van der Waals surface area contributed by atoms with Gasteiger partial charge < -0.3 is 19.6 Å². The highest BCUT2D eigenvalue weighted by Gasteiger charge is 2.14. The van der Waals surface area contributed by atoms with Gasteiger partial charge in [-0.15, -0.1) is 0 Å². The van der Waals surface area contributed by atoms with E-state index < -0.39 is 11.9 Å². The van der Waals surface area contributed by atoms with Crippen LogP contribution < -0.4 is 5.32 Å². The topological polar surface area (TPSA) is 89.0 Å². The molecule has 0 spiro atoms. The number of amides is 1. The third-order valence-electron chi connectivity index (χ3n) is 6.47. The van der Waals surface area contributed by atoms with Gasteiger partial charge in [0.15, 0.2) is 6.61 Å². The zero-order valence-electron chi connectivity index (χ0n) is 20.2. The molecule has 182 valence electrons. The number of aromatic nitrogens is 3. The summed E-state index contributed by atoms with van der Waals surface area (Å²) >= 11 is 0. The van der Waals surface area contributed by atoms with Gasteiger partial charge in [0.1, 0.15) is 5.82 Å². The number of H-pyrrole nitrogens is 1. The molecular weight excluding hydrogens is 464 g/mol. The minimum atomic E-state index is -0.575. The highest BCUT2D eigenvalue weighted by atomic mass is 16.5. The molecule has 0 fully saturated rings. The summed E-state index contributed by atoms with van der Waals surface area (Å²) in [7, 11) is 0. The fourth-order valence-corrected chi connectivity index (χ4v) is 4.75. The van der Waals surface area contributed by atoms with Gasteiger partial charge in [0.05, 0.1) is 16.6 Å². The molecule has 0 bridgehead atoms. The van der Waals surface area contributed by atoms with E-state index in [4.69, 9.17) is 4.74 Å². The number of imidazole rings is 1. The number of rotatable bonds is 6. The number of hydrogen-bond donors (Lipinski definition) is 2. The van der Waals surface area contributed by atoms with Crippen molar-refractivity contribution in [2.75, 3.05) is 11.9 Å².